The van der Waals surface area contributed by atoms with Crippen LogP contribution in [0.2, 0.25) is 5.02 Å². The molecular formula is C26H19ClN4O3. The molecule has 1 aliphatic heterocycles. The van der Waals surface area contributed by atoms with Gasteiger partial charge in [-0.3, -0.25) is 4.79 Å². The van der Waals surface area contributed by atoms with Gasteiger partial charge in [0.05, 0.1) is 17.1 Å². The molecule has 0 aliphatic carbocycles. The zero-order valence-corrected chi connectivity index (χ0v) is 18.7. The summed E-state index contributed by atoms with van der Waals surface area (Å²) in [5, 5.41) is 7.33. The SMILES string of the molecule is O=C1COC(C#Cc2ccc3ncnc(Nc4ccc(Oc5ccccc5)c(Cl)c4)c3c2)CN1. The molecule has 1 unspecified atom stereocenters. The Morgan fingerprint density at radius 3 is 2.76 bits per heavy atom. The van der Waals surface area contributed by atoms with Gasteiger partial charge in [0, 0.05) is 16.6 Å². The number of anilines is 2. The van der Waals surface area contributed by atoms with Gasteiger partial charge in [0.1, 0.15) is 36.4 Å². The van der Waals surface area contributed by atoms with E-state index < -0.39 is 0 Å². The van der Waals surface area contributed by atoms with Gasteiger partial charge >= 0.3 is 0 Å². The van der Waals surface area contributed by atoms with Gasteiger partial charge in [0.15, 0.2) is 0 Å². The van der Waals surface area contributed by atoms with Gasteiger partial charge in [-0.05, 0) is 48.5 Å². The number of halogens is 1. The molecule has 168 valence electrons. The number of aromatic nitrogens is 2. The number of rotatable bonds is 4. The molecule has 5 rings (SSSR count). The van der Waals surface area contributed by atoms with Crippen LogP contribution in [0.4, 0.5) is 11.5 Å². The second kappa shape index (κ2) is 9.79. The molecule has 1 aromatic heterocycles. The van der Waals surface area contributed by atoms with Crippen molar-refractivity contribution in [3.05, 3.63) is 83.6 Å². The number of benzene rings is 3. The number of amides is 1. The zero-order valence-electron chi connectivity index (χ0n) is 17.9. The lowest BCUT2D eigenvalue weighted by atomic mass is 10.1. The number of fused-ring (bicyclic) bond motifs is 1. The van der Waals surface area contributed by atoms with Crippen molar-refractivity contribution in [2.75, 3.05) is 18.5 Å². The number of ether oxygens (including phenoxy) is 2. The van der Waals surface area contributed by atoms with E-state index >= 15 is 0 Å². The number of carbonyl (C=O) groups excluding carboxylic acids is 1. The van der Waals surface area contributed by atoms with E-state index in [9.17, 15) is 4.79 Å². The summed E-state index contributed by atoms with van der Waals surface area (Å²) < 4.78 is 11.3. The molecular weight excluding hydrogens is 452 g/mol. The Morgan fingerprint density at radius 2 is 1.97 bits per heavy atom. The lowest BCUT2D eigenvalue weighted by Gasteiger charge is -2.18. The summed E-state index contributed by atoms with van der Waals surface area (Å²) in [5.74, 6) is 7.92. The minimum atomic E-state index is -0.336. The summed E-state index contributed by atoms with van der Waals surface area (Å²) in [4.78, 5) is 20.0. The largest absolute Gasteiger partial charge is 0.456 e. The molecule has 2 heterocycles. The minimum Gasteiger partial charge on any atom is -0.456 e. The highest BCUT2D eigenvalue weighted by atomic mass is 35.5. The Kier molecular flexibility index (Phi) is 6.25. The maximum absolute atomic E-state index is 11.2. The predicted octanol–water partition coefficient (Wildman–Crippen LogP) is 4.69. The average Bonchev–Trinajstić information content (AvgIpc) is 2.86. The van der Waals surface area contributed by atoms with Gasteiger partial charge in [0.25, 0.3) is 0 Å². The Bertz CT molecular complexity index is 1410. The molecule has 3 aromatic carbocycles. The third kappa shape index (κ3) is 5.09. The van der Waals surface area contributed by atoms with Crippen LogP contribution < -0.4 is 15.4 Å². The number of nitrogens with zero attached hydrogens (tertiary/aromatic N) is 2. The molecule has 1 aliphatic rings. The van der Waals surface area contributed by atoms with Gasteiger partial charge < -0.3 is 20.1 Å². The zero-order chi connectivity index (χ0) is 23.3. The number of hydrogen-bond donors (Lipinski definition) is 2. The highest BCUT2D eigenvalue weighted by Gasteiger charge is 2.15. The van der Waals surface area contributed by atoms with Crippen LogP contribution in [0.3, 0.4) is 0 Å². The van der Waals surface area contributed by atoms with E-state index in [1.165, 1.54) is 6.33 Å². The quantitative estimate of drug-likeness (QED) is 0.421. The van der Waals surface area contributed by atoms with E-state index in [0.717, 1.165) is 22.2 Å². The van der Waals surface area contributed by atoms with Gasteiger partial charge in [-0.15, -0.1) is 0 Å². The average molecular weight is 471 g/mol. The van der Waals surface area contributed by atoms with Crippen LogP contribution in [-0.2, 0) is 9.53 Å². The summed E-state index contributed by atoms with van der Waals surface area (Å²) in [5.41, 5.74) is 2.32. The van der Waals surface area contributed by atoms with E-state index in [1.807, 2.05) is 54.6 Å². The van der Waals surface area contributed by atoms with E-state index in [0.29, 0.717) is 28.9 Å². The van der Waals surface area contributed by atoms with Crippen LogP contribution in [0.15, 0.2) is 73.1 Å². The lowest BCUT2D eigenvalue weighted by molar-refractivity contribution is -0.131. The fourth-order valence-electron chi connectivity index (χ4n) is 3.40. The molecule has 7 nitrogen and oxygen atoms in total. The van der Waals surface area contributed by atoms with Crippen molar-refractivity contribution in [2.45, 2.75) is 6.10 Å². The first-order chi connectivity index (χ1) is 16.6. The maximum Gasteiger partial charge on any atom is 0.246 e. The molecule has 1 saturated heterocycles. The first kappa shape index (κ1) is 21.7. The summed E-state index contributed by atoms with van der Waals surface area (Å²) in [6.07, 6.45) is 1.17. The Hall–Kier alpha value is -4.12. The van der Waals surface area contributed by atoms with Crippen molar-refractivity contribution >= 4 is 39.9 Å². The minimum absolute atomic E-state index is 0.0245. The van der Waals surface area contributed by atoms with Crippen molar-refractivity contribution in [3.8, 4) is 23.3 Å². The third-order valence-electron chi connectivity index (χ3n) is 5.08. The molecule has 8 heteroatoms. The van der Waals surface area contributed by atoms with E-state index in [-0.39, 0.29) is 18.6 Å². The Labute approximate surface area is 201 Å². The summed E-state index contributed by atoms with van der Waals surface area (Å²) in [6, 6.07) is 20.6. The van der Waals surface area contributed by atoms with Crippen molar-refractivity contribution in [3.63, 3.8) is 0 Å². The van der Waals surface area contributed by atoms with Crippen LogP contribution in [0.1, 0.15) is 5.56 Å². The van der Waals surface area contributed by atoms with Crippen molar-refractivity contribution in [1.29, 1.82) is 0 Å². The first-order valence-electron chi connectivity index (χ1n) is 10.6. The van der Waals surface area contributed by atoms with E-state index in [2.05, 4.69) is 32.4 Å². The molecule has 34 heavy (non-hydrogen) atoms. The molecule has 1 fully saturated rings. The molecule has 1 atom stereocenters. The molecule has 1 amide bonds. The Morgan fingerprint density at radius 1 is 1.09 bits per heavy atom. The molecule has 0 saturated carbocycles. The number of hydrogen-bond acceptors (Lipinski definition) is 6. The van der Waals surface area contributed by atoms with Crippen LogP contribution in [0.25, 0.3) is 10.9 Å². The molecule has 2 N–H and O–H groups in total. The van der Waals surface area contributed by atoms with Gasteiger partial charge in [-0.1, -0.05) is 41.6 Å². The molecule has 0 bridgehead atoms. The first-order valence-corrected chi connectivity index (χ1v) is 11.0. The van der Waals surface area contributed by atoms with Gasteiger partial charge in [0.2, 0.25) is 5.91 Å². The number of carbonyl (C=O) groups is 1. The smallest absolute Gasteiger partial charge is 0.246 e. The van der Waals surface area contributed by atoms with Gasteiger partial charge in [-0.25, -0.2) is 9.97 Å². The van der Waals surface area contributed by atoms with E-state index in [4.69, 9.17) is 21.1 Å². The molecule has 0 radical (unpaired) electrons. The highest BCUT2D eigenvalue weighted by molar-refractivity contribution is 6.32. The fraction of sp³-hybridized carbons (Fsp3) is 0.115. The Balaban J connectivity index is 1.37. The van der Waals surface area contributed by atoms with Crippen molar-refractivity contribution in [2.24, 2.45) is 0 Å². The lowest BCUT2D eigenvalue weighted by Crippen LogP contribution is -2.42. The van der Waals surface area contributed by atoms with Crippen LogP contribution in [-0.4, -0.2) is 35.1 Å². The van der Waals surface area contributed by atoms with Crippen molar-refractivity contribution < 1.29 is 14.3 Å². The fourth-order valence-corrected chi connectivity index (χ4v) is 3.62. The third-order valence-corrected chi connectivity index (χ3v) is 5.37. The van der Waals surface area contributed by atoms with Crippen LogP contribution in [0, 0.1) is 11.8 Å². The second-order valence-corrected chi connectivity index (χ2v) is 7.92. The second-order valence-electron chi connectivity index (χ2n) is 7.51. The summed E-state index contributed by atoms with van der Waals surface area (Å²) in [6.45, 7) is 0.400. The number of para-hydroxylation sites is 1. The van der Waals surface area contributed by atoms with Gasteiger partial charge in [-0.2, -0.15) is 0 Å². The number of nitrogens with one attached hydrogen (secondary N) is 2. The highest BCUT2D eigenvalue weighted by Crippen LogP contribution is 2.33. The molecule has 4 aromatic rings. The topological polar surface area (TPSA) is 85.4 Å². The monoisotopic (exact) mass is 470 g/mol. The normalized spacial score (nSPS) is 15.2. The maximum atomic E-state index is 11.2. The van der Waals surface area contributed by atoms with Crippen LogP contribution in [0.5, 0.6) is 11.5 Å². The van der Waals surface area contributed by atoms with E-state index in [1.54, 1.807) is 12.1 Å². The number of morpholine rings is 1. The summed E-state index contributed by atoms with van der Waals surface area (Å²) >= 11 is 6.46. The standard InChI is InChI=1S/C26H19ClN4O3/c27-22-13-18(8-11-24(22)34-19-4-2-1-3-5-19)31-26-21-12-17(7-10-23(21)29-16-30-26)6-9-20-14-28-25(32)15-33-20/h1-5,7-8,10-13,16,20H,14-15H2,(H,28,32)(H,29,30,31). The van der Waals surface area contributed by atoms with Crippen LogP contribution >= 0.6 is 11.6 Å². The predicted molar refractivity (Wildman–Crippen MR) is 130 cm³/mol. The molecule has 0 spiro atoms. The summed E-state index contributed by atoms with van der Waals surface area (Å²) in [7, 11) is 0. The van der Waals surface area contributed by atoms with Crippen molar-refractivity contribution in [1.82, 2.24) is 15.3 Å².